The van der Waals surface area contributed by atoms with Gasteiger partial charge in [0.05, 0.1) is 12.2 Å². The van der Waals surface area contributed by atoms with E-state index in [2.05, 4.69) is 13.8 Å². The maximum Gasteiger partial charge on any atom is 0.336 e. The highest BCUT2D eigenvalue weighted by Gasteiger charge is 2.10. The number of aliphatic carboxylic acids is 1. The Balaban J connectivity index is 2.22. The van der Waals surface area contributed by atoms with Crippen LogP contribution in [0.15, 0.2) is 48.5 Å². The molecule has 2 aromatic carbocycles. The molecule has 0 unspecified atom stereocenters. The molecule has 3 nitrogen and oxygen atoms in total. The fourth-order valence-electron chi connectivity index (χ4n) is 1.99. The monoisotopic (exact) mass is 314 g/mol. The van der Waals surface area contributed by atoms with Crippen LogP contribution in [0.2, 0.25) is 0 Å². The van der Waals surface area contributed by atoms with E-state index in [4.69, 9.17) is 4.74 Å². The molecular weight excluding hydrogens is 295 g/mol. The fraction of sp³-hybridized carbons (Fsp3) is 0.211. The highest BCUT2D eigenvalue weighted by Crippen LogP contribution is 2.21. The molecule has 0 aromatic heterocycles. The van der Waals surface area contributed by atoms with Gasteiger partial charge in [-0.05, 0) is 47.4 Å². The van der Waals surface area contributed by atoms with Gasteiger partial charge in [-0.25, -0.2) is 9.18 Å². The Kier molecular flexibility index (Phi) is 5.52. The maximum absolute atomic E-state index is 13.0. The van der Waals surface area contributed by atoms with Crippen molar-refractivity contribution in [2.45, 2.75) is 13.8 Å². The molecule has 2 rings (SSSR count). The number of ether oxygens (including phenoxy) is 1. The number of hydrogen-bond donors (Lipinski definition) is 1. The van der Waals surface area contributed by atoms with Crippen LogP contribution in [0.4, 0.5) is 4.39 Å². The van der Waals surface area contributed by atoms with E-state index in [1.54, 1.807) is 30.3 Å². The third-order valence-electron chi connectivity index (χ3n) is 3.16. The number of halogens is 1. The molecule has 0 saturated heterocycles. The van der Waals surface area contributed by atoms with Gasteiger partial charge in [-0.3, -0.25) is 0 Å². The molecular formula is C19H19FO3. The number of hydrogen-bond acceptors (Lipinski definition) is 2. The van der Waals surface area contributed by atoms with E-state index in [0.717, 1.165) is 11.3 Å². The van der Waals surface area contributed by atoms with Crippen molar-refractivity contribution in [3.8, 4) is 5.75 Å². The van der Waals surface area contributed by atoms with Gasteiger partial charge in [0.25, 0.3) is 0 Å². The Labute approximate surface area is 135 Å². The van der Waals surface area contributed by atoms with Crippen LogP contribution in [0.5, 0.6) is 5.75 Å². The zero-order chi connectivity index (χ0) is 16.8. The summed E-state index contributed by atoms with van der Waals surface area (Å²) in [5.74, 6) is -0.275. The zero-order valence-electron chi connectivity index (χ0n) is 13.1. The van der Waals surface area contributed by atoms with Crippen molar-refractivity contribution in [2.24, 2.45) is 5.92 Å². The number of benzene rings is 2. The van der Waals surface area contributed by atoms with Crippen LogP contribution in [0.3, 0.4) is 0 Å². The average molecular weight is 314 g/mol. The van der Waals surface area contributed by atoms with Crippen molar-refractivity contribution >= 4 is 17.6 Å². The third-order valence-corrected chi connectivity index (χ3v) is 3.16. The smallest absolute Gasteiger partial charge is 0.336 e. The molecule has 0 heterocycles. The van der Waals surface area contributed by atoms with Crippen LogP contribution in [-0.4, -0.2) is 17.7 Å². The topological polar surface area (TPSA) is 46.5 Å². The van der Waals surface area contributed by atoms with E-state index >= 15 is 0 Å². The Morgan fingerprint density at radius 2 is 1.74 bits per heavy atom. The summed E-state index contributed by atoms with van der Waals surface area (Å²) in [4.78, 5) is 11.4. The largest absolute Gasteiger partial charge is 0.493 e. The summed E-state index contributed by atoms with van der Waals surface area (Å²) in [5, 5.41) is 9.37. The van der Waals surface area contributed by atoms with Crippen molar-refractivity contribution in [1.29, 1.82) is 0 Å². The second kappa shape index (κ2) is 7.58. The van der Waals surface area contributed by atoms with Crippen LogP contribution in [0.25, 0.3) is 11.6 Å². The lowest BCUT2D eigenvalue weighted by molar-refractivity contribution is -0.130. The highest BCUT2D eigenvalue weighted by molar-refractivity contribution is 6.20. The summed E-state index contributed by atoms with van der Waals surface area (Å²) in [6, 6.07) is 12.6. The van der Waals surface area contributed by atoms with Crippen molar-refractivity contribution < 1.29 is 19.0 Å². The summed E-state index contributed by atoms with van der Waals surface area (Å²) in [6.45, 7) is 4.77. The molecule has 0 aliphatic carbocycles. The van der Waals surface area contributed by atoms with Crippen molar-refractivity contribution in [2.75, 3.05) is 6.61 Å². The summed E-state index contributed by atoms with van der Waals surface area (Å²) in [6.07, 6.45) is 1.56. The van der Waals surface area contributed by atoms with E-state index in [0.29, 0.717) is 18.1 Å². The molecule has 1 N–H and O–H groups in total. The Morgan fingerprint density at radius 1 is 1.13 bits per heavy atom. The van der Waals surface area contributed by atoms with Crippen molar-refractivity contribution in [1.82, 2.24) is 0 Å². The van der Waals surface area contributed by atoms with Gasteiger partial charge in [-0.15, -0.1) is 0 Å². The molecule has 0 aliphatic rings. The van der Waals surface area contributed by atoms with Crippen LogP contribution in [-0.2, 0) is 4.79 Å². The zero-order valence-corrected chi connectivity index (χ0v) is 13.1. The van der Waals surface area contributed by atoms with E-state index in [1.165, 1.54) is 24.3 Å². The Hall–Kier alpha value is -2.62. The van der Waals surface area contributed by atoms with Crippen molar-refractivity contribution in [3.05, 3.63) is 65.5 Å². The lowest BCUT2D eigenvalue weighted by atomic mass is 10.0. The van der Waals surface area contributed by atoms with Gasteiger partial charge >= 0.3 is 5.97 Å². The molecule has 0 saturated carbocycles. The lowest BCUT2D eigenvalue weighted by Crippen LogP contribution is -2.04. The number of carbonyl (C=O) groups is 1. The average Bonchev–Trinajstić information content (AvgIpc) is 2.52. The van der Waals surface area contributed by atoms with Crippen LogP contribution >= 0.6 is 0 Å². The van der Waals surface area contributed by atoms with Crippen LogP contribution < -0.4 is 4.74 Å². The van der Waals surface area contributed by atoms with E-state index in [-0.39, 0.29) is 5.57 Å². The quantitative estimate of drug-likeness (QED) is 0.631. The first-order valence-electron chi connectivity index (χ1n) is 7.39. The summed E-state index contributed by atoms with van der Waals surface area (Å²) >= 11 is 0. The predicted octanol–water partition coefficient (Wildman–Crippen LogP) is 4.49. The van der Waals surface area contributed by atoms with Gasteiger partial charge in [-0.1, -0.05) is 38.1 Å². The van der Waals surface area contributed by atoms with Crippen LogP contribution in [0, 0.1) is 11.7 Å². The SMILES string of the molecule is CC(C)COc1ccc(/C=C(\C(=O)O)c2ccc(F)cc2)cc1. The minimum Gasteiger partial charge on any atom is -0.493 e. The third kappa shape index (κ3) is 4.95. The standard InChI is InChI=1S/C19H19FO3/c1-13(2)12-23-17-9-3-14(4-10-17)11-18(19(21)22)15-5-7-16(20)8-6-15/h3-11,13H,12H2,1-2H3,(H,21,22)/b18-11-. The molecule has 2 aromatic rings. The fourth-order valence-corrected chi connectivity index (χ4v) is 1.99. The molecule has 0 fully saturated rings. The summed E-state index contributed by atoms with van der Waals surface area (Å²) in [7, 11) is 0. The van der Waals surface area contributed by atoms with E-state index in [1.807, 2.05) is 0 Å². The van der Waals surface area contributed by atoms with E-state index in [9.17, 15) is 14.3 Å². The molecule has 0 amide bonds. The second-order valence-corrected chi connectivity index (χ2v) is 5.64. The Bertz CT molecular complexity index is 686. The second-order valence-electron chi connectivity index (χ2n) is 5.64. The van der Waals surface area contributed by atoms with Gasteiger partial charge in [0.1, 0.15) is 11.6 Å². The van der Waals surface area contributed by atoms with Crippen LogP contribution in [0.1, 0.15) is 25.0 Å². The molecule has 4 heteroatoms. The highest BCUT2D eigenvalue weighted by atomic mass is 19.1. The predicted molar refractivity (Wildman–Crippen MR) is 88.7 cm³/mol. The summed E-state index contributed by atoms with van der Waals surface area (Å²) in [5.41, 5.74) is 1.31. The summed E-state index contributed by atoms with van der Waals surface area (Å²) < 4.78 is 18.6. The number of rotatable bonds is 6. The number of carboxylic acids is 1. The van der Waals surface area contributed by atoms with Gasteiger partial charge in [0.15, 0.2) is 0 Å². The lowest BCUT2D eigenvalue weighted by Gasteiger charge is -2.09. The minimum atomic E-state index is -1.06. The molecule has 0 aliphatic heterocycles. The molecule has 120 valence electrons. The first-order chi connectivity index (χ1) is 11.0. The van der Waals surface area contributed by atoms with Gasteiger partial charge in [0.2, 0.25) is 0 Å². The maximum atomic E-state index is 13.0. The van der Waals surface area contributed by atoms with E-state index < -0.39 is 11.8 Å². The molecule has 0 spiro atoms. The first-order valence-corrected chi connectivity index (χ1v) is 7.39. The molecule has 0 radical (unpaired) electrons. The minimum absolute atomic E-state index is 0.112. The van der Waals surface area contributed by atoms with Gasteiger partial charge < -0.3 is 9.84 Å². The number of carboxylic acid groups (broad SMARTS) is 1. The molecule has 0 bridgehead atoms. The Morgan fingerprint density at radius 3 is 2.26 bits per heavy atom. The molecule has 23 heavy (non-hydrogen) atoms. The van der Waals surface area contributed by atoms with Crippen molar-refractivity contribution in [3.63, 3.8) is 0 Å². The first kappa shape index (κ1) is 16.7. The molecule has 0 atom stereocenters. The van der Waals surface area contributed by atoms with Gasteiger partial charge in [-0.2, -0.15) is 0 Å². The normalized spacial score (nSPS) is 11.6. The van der Waals surface area contributed by atoms with Gasteiger partial charge in [0, 0.05) is 0 Å².